The maximum absolute atomic E-state index is 10.5. The van der Waals surface area contributed by atoms with Crippen LogP contribution >= 0.6 is 0 Å². The smallest absolute Gasteiger partial charge is 0.151 e. The van der Waals surface area contributed by atoms with Crippen LogP contribution in [0.15, 0.2) is 49.1 Å². The van der Waals surface area contributed by atoms with E-state index in [4.69, 9.17) is 0 Å². The lowest BCUT2D eigenvalue weighted by atomic mass is 9.98. The molecule has 0 radical (unpaired) electrons. The molecule has 0 aliphatic carbocycles. The van der Waals surface area contributed by atoms with E-state index >= 15 is 0 Å². The second-order valence-corrected chi connectivity index (χ2v) is 7.82. The summed E-state index contributed by atoms with van der Waals surface area (Å²) in [5.74, 6) is 1.06. The van der Waals surface area contributed by atoms with Gasteiger partial charge in [-0.05, 0) is 49.9 Å². The normalized spacial score (nSPS) is 23.7. The lowest BCUT2D eigenvalue weighted by Gasteiger charge is -2.36. The molecule has 2 saturated heterocycles. The molecule has 1 aromatic carbocycles. The predicted octanol–water partition coefficient (Wildman–Crippen LogP) is 2.75. The fourth-order valence-electron chi connectivity index (χ4n) is 4.50. The molecule has 0 amide bonds. The number of benzene rings is 1. The first-order chi connectivity index (χ1) is 13.7. The van der Waals surface area contributed by atoms with E-state index in [1.165, 1.54) is 12.8 Å². The van der Waals surface area contributed by atoms with E-state index in [2.05, 4.69) is 32.4 Å². The molecule has 5 rings (SSSR count). The van der Waals surface area contributed by atoms with Crippen LogP contribution in [0.2, 0.25) is 0 Å². The van der Waals surface area contributed by atoms with Gasteiger partial charge in [0.25, 0.3) is 0 Å². The van der Waals surface area contributed by atoms with Gasteiger partial charge in [-0.25, -0.2) is 4.98 Å². The average Bonchev–Trinajstić information content (AvgIpc) is 3.37. The SMILES string of the molecule is CN(c1ccc(-c2ccc(-n3ccnc3)cc2O)nn1)[C@@H]1C[C@H]2CC[C@@H](C1)N2. The third-order valence-corrected chi connectivity index (χ3v) is 6.07. The van der Waals surface area contributed by atoms with Gasteiger partial charge in [0.2, 0.25) is 0 Å². The number of imidazole rings is 1. The molecule has 28 heavy (non-hydrogen) atoms. The highest BCUT2D eigenvalue weighted by molar-refractivity contribution is 5.69. The summed E-state index contributed by atoms with van der Waals surface area (Å²) < 4.78 is 1.85. The summed E-state index contributed by atoms with van der Waals surface area (Å²) in [5, 5.41) is 23.0. The first-order valence-electron chi connectivity index (χ1n) is 9.82. The van der Waals surface area contributed by atoms with E-state index in [0.29, 0.717) is 29.4 Å². The van der Waals surface area contributed by atoms with Gasteiger partial charge >= 0.3 is 0 Å². The van der Waals surface area contributed by atoms with Crippen molar-refractivity contribution in [2.24, 2.45) is 0 Å². The van der Waals surface area contributed by atoms with Crippen LogP contribution in [0.5, 0.6) is 5.75 Å². The van der Waals surface area contributed by atoms with Crippen LogP contribution in [0.4, 0.5) is 5.82 Å². The molecule has 2 fully saturated rings. The minimum absolute atomic E-state index is 0.177. The maximum Gasteiger partial charge on any atom is 0.151 e. The second kappa shape index (κ2) is 6.91. The van der Waals surface area contributed by atoms with Crippen molar-refractivity contribution in [3.8, 4) is 22.7 Å². The molecular weight excluding hydrogens is 352 g/mol. The number of phenols is 1. The summed E-state index contributed by atoms with van der Waals surface area (Å²) in [6.07, 6.45) is 10.1. The first-order valence-corrected chi connectivity index (χ1v) is 9.82. The van der Waals surface area contributed by atoms with Gasteiger partial charge in [-0.1, -0.05) is 0 Å². The average molecular weight is 376 g/mol. The van der Waals surface area contributed by atoms with Gasteiger partial charge in [-0.3, -0.25) is 0 Å². The first kappa shape index (κ1) is 17.2. The largest absolute Gasteiger partial charge is 0.507 e. The number of nitrogens with one attached hydrogen (secondary N) is 1. The zero-order valence-electron chi connectivity index (χ0n) is 15.9. The minimum Gasteiger partial charge on any atom is -0.507 e. The molecule has 7 nitrogen and oxygen atoms in total. The standard InChI is InChI=1S/C21H24N6O/c1-26(17-10-14-2-3-15(11-17)23-14)21-7-6-19(24-25-21)18-5-4-16(12-20(18)28)27-9-8-22-13-27/h4-9,12-15,17,23,28H,2-3,10-11H2,1H3/t14-,15+,17-. The number of rotatable bonds is 4. The van der Waals surface area contributed by atoms with E-state index < -0.39 is 0 Å². The number of aromatic nitrogens is 4. The summed E-state index contributed by atoms with van der Waals surface area (Å²) in [5.41, 5.74) is 2.19. The highest BCUT2D eigenvalue weighted by Crippen LogP contribution is 2.32. The Balaban J connectivity index is 1.35. The number of nitrogens with zero attached hydrogens (tertiary/aromatic N) is 5. The lowest BCUT2D eigenvalue weighted by Crippen LogP contribution is -2.47. The summed E-state index contributed by atoms with van der Waals surface area (Å²) >= 11 is 0. The number of fused-ring (bicyclic) bond motifs is 2. The highest BCUT2D eigenvalue weighted by Gasteiger charge is 2.35. The fourth-order valence-corrected chi connectivity index (χ4v) is 4.50. The maximum atomic E-state index is 10.5. The Bertz CT molecular complexity index is 944. The van der Waals surface area contributed by atoms with Crippen LogP contribution < -0.4 is 10.2 Å². The molecule has 2 aromatic heterocycles. The summed E-state index contributed by atoms with van der Waals surface area (Å²) in [7, 11) is 2.11. The lowest BCUT2D eigenvalue weighted by molar-refractivity contribution is 0.353. The van der Waals surface area contributed by atoms with Crippen molar-refractivity contribution in [2.75, 3.05) is 11.9 Å². The molecule has 3 atom stereocenters. The molecular formula is C21H24N6O. The van der Waals surface area contributed by atoms with Gasteiger partial charge in [0.05, 0.1) is 17.7 Å². The van der Waals surface area contributed by atoms with Crippen LogP contribution in [-0.2, 0) is 0 Å². The monoisotopic (exact) mass is 376 g/mol. The molecule has 4 heterocycles. The van der Waals surface area contributed by atoms with E-state index in [-0.39, 0.29) is 5.75 Å². The molecule has 2 N–H and O–H groups in total. The second-order valence-electron chi connectivity index (χ2n) is 7.82. The number of piperidine rings is 1. The Labute approximate surface area is 164 Å². The number of hydrogen-bond acceptors (Lipinski definition) is 6. The van der Waals surface area contributed by atoms with Crippen molar-refractivity contribution in [1.82, 2.24) is 25.1 Å². The number of aromatic hydroxyl groups is 1. The van der Waals surface area contributed by atoms with Gasteiger partial charge in [0.15, 0.2) is 5.82 Å². The molecule has 0 spiro atoms. The predicted molar refractivity (Wildman–Crippen MR) is 108 cm³/mol. The van der Waals surface area contributed by atoms with E-state index in [1.807, 2.05) is 35.0 Å². The van der Waals surface area contributed by atoms with Crippen LogP contribution in [0, 0.1) is 0 Å². The van der Waals surface area contributed by atoms with Crippen molar-refractivity contribution in [2.45, 2.75) is 43.8 Å². The molecule has 0 unspecified atom stereocenters. The molecule has 3 aromatic rings. The zero-order chi connectivity index (χ0) is 19.1. The Morgan fingerprint density at radius 1 is 1.11 bits per heavy atom. The molecule has 7 heteroatoms. The van der Waals surface area contributed by atoms with Crippen molar-refractivity contribution in [3.63, 3.8) is 0 Å². The van der Waals surface area contributed by atoms with Gasteiger partial charge in [0, 0.05) is 49.2 Å². The van der Waals surface area contributed by atoms with Gasteiger partial charge < -0.3 is 19.9 Å². The van der Waals surface area contributed by atoms with Crippen molar-refractivity contribution in [1.29, 1.82) is 0 Å². The van der Waals surface area contributed by atoms with Gasteiger partial charge in [-0.2, -0.15) is 0 Å². The Morgan fingerprint density at radius 3 is 2.57 bits per heavy atom. The van der Waals surface area contributed by atoms with Gasteiger partial charge in [-0.15, -0.1) is 10.2 Å². The molecule has 2 bridgehead atoms. The summed E-state index contributed by atoms with van der Waals surface area (Å²) in [4.78, 5) is 6.29. The van der Waals surface area contributed by atoms with Crippen molar-refractivity contribution >= 4 is 5.82 Å². The fraction of sp³-hybridized carbons (Fsp3) is 0.381. The Kier molecular flexibility index (Phi) is 4.24. The van der Waals surface area contributed by atoms with Gasteiger partial charge in [0.1, 0.15) is 5.75 Å². The molecule has 0 saturated carbocycles. The van der Waals surface area contributed by atoms with Crippen molar-refractivity contribution < 1.29 is 5.11 Å². The van der Waals surface area contributed by atoms with E-state index in [9.17, 15) is 5.11 Å². The van der Waals surface area contributed by atoms with E-state index in [1.54, 1.807) is 18.6 Å². The number of phenolic OH excluding ortho intramolecular Hbond substituents is 1. The van der Waals surface area contributed by atoms with E-state index in [0.717, 1.165) is 24.3 Å². The van der Waals surface area contributed by atoms with Crippen LogP contribution in [-0.4, -0.2) is 50.0 Å². The molecule has 2 aliphatic rings. The zero-order valence-corrected chi connectivity index (χ0v) is 15.9. The quantitative estimate of drug-likeness (QED) is 0.729. The van der Waals surface area contributed by atoms with Crippen LogP contribution in [0.25, 0.3) is 16.9 Å². The third kappa shape index (κ3) is 3.11. The molecule has 2 aliphatic heterocycles. The Hall–Kier alpha value is -2.93. The summed E-state index contributed by atoms with van der Waals surface area (Å²) in [6.45, 7) is 0. The highest BCUT2D eigenvalue weighted by atomic mass is 16.3. The number of anilines is 1. The topological polar surface area (TPSA) is 79.1 Å². The summed E-state index contributed by atoms with van der Waals surface area (Å²) in [6, 6.07) is 11.2. The molecule has 144 valence electrons. The third-order valence-electron chi connectivity index (χ3n) is 6.07. The number of hydrogen-bond donors (Lipinski definition) is 2. The van der Waals surface area contributed by atoms with Crippen LogP contribution in [0.1, 0.15) is 25.7 Å². The Morgan fingerprint density at radius 2 is 1.93 bits per heavy atom. The van der Waals surface area contributed by atoms with Crippen LogP contribution in [0.3, 0.4) is 0 Å². The van der Waals surface area contributed by atoms with Crippen molar-refractivity contribution in [3.05, 3.63) is 49.1 Å². The minimum atomic E-state index is 0.177.